The molecule has 2 aromatic rings. The zero-order valence-electron chi connectivity index (χ0n) is 12.4. The van der Waals surface area contributed by atoms with E-state index in [4.69, 9.17) is 11.6 Å². The molecular formula is C18H16ClF2NO. The Morgan fingerprint density at radius 1 is 1.00 bits per heavy atom. The van der Waals surface area contributed by atoms with Gasteiger partial charge < -0.3 is 5.32 Å². The van der Waals surface area contributed by atoms with E-state index >= 15 is 0 Å². The summed E-state index contributed by atoms with van der Waals surface area (Å²) in [6.07, 6.45) is 2.98. The van der Waals surface area contributed by atoms with Crippen molar-refractivity contribution in [2.75, 3.05) is 0 Å². The minimum Gasteiger partial charge on any atom is -0.342 e. The van der Waals surface area contributed by atoms with Gasteiger partial charge in [0.25, 0.3) is 5.91 Å². The highest BCUT2D eigenvalue weighted by Gasteiger charge is 2.39. The average molecular weight is 336 g/mol. The van der Waals surface area contributed by atoms with Gasteiger partial charge >= 0.3 is 0 Å². The van der Waals surface area contributed by atoms with Crippen molar-refractivity contribution in [1.29, 1.82) is 0 Å². The van der Waals surface area contributed by atoms with Crippen molar-refractivity contribution in [2.24, 2.45) is 0 Å². The molecule has 1 saturated carbocycles. The first-order valence-electron chi connectivity index (χ1n) is 7.55. The Morgan fingerprint density at radius 3 is 2.30 bits per heavy atom. The van der Waals surface area contributed by atoms with Gasteiger partial charge in [0.05, 0.1) is 16.1 Å². The molecule has 1 aliphatic rings. The molecule has 1 amide bonds. The van der Waals surface area contributed by atoms with E-state index in [1.165, 1.54) is 24.3 Å². The van der Waals surface area contributed by atoms with Gasteiger partial charge in [0.15, 0.2) is 0 Å². The molecule has 120 valence electrons. The molecular weight excluding hydrogens is 320 g/mol. The van der Waals surface area contributed by atoms with Crippen molar-refractivity contribution in [1.82, 2.24) is 5.32 Å². The number of hydrogen-bond acceptors (Lipinski definition) is 1. The first-order valence-corrected chi connectivity index (χ1v) is 7.93. The van der Waals surface area contributed by atoms with E-state index in [9.17, 15) is 13.6 Å². The Hall–Kier alpha value is -1.94. The number of nitrogens with one attached hydrogen (secondary N) is 1. The molecule has 0 unspecified atom stereocenters. The molecule has 2 aromatic carbocycles. The van der Waals surface area contributed by atoms with Crippen LogP contribution in [-0.2, 0) is 5.54 Å². The normalized spacial score (nSPS) is 16.3. The van der Waals surface area contributed by atoms with Gasteiger partial charge in [-0.2, -0.15) is 0 Å². The lowest BCUT2D eigenvalue weighted by atomic mass is 9.87. The van der Waals surface area contributed by atoms with Gasteiger partial charge in [-0.15, -0.1) is 0 Å². The van der Waals surface area contributed by atoms with Crippen LogP contribution in [-0.4, -0.2) is 5.91 Å². The highest BCUT2D eigenvalue weighted by Crippen LogP contribution is 2.40. The number of halogens is 3. The van der Waals surface area contributed by atoms with Gasteiger partial charge in [-0.25, -0.2) is 8.78 Å². The lowest BCUT2D eigenvalue weighted by Crippen LogP contribution is -2.44. The second-order valence-electron chi connectivity index (χ2n) is 5.82. The highest BCUT2D eigenvalue weighted by atomic mass is 35.5. The molecule has 2 nitrogen and oxygen atoms in total. The molecule has 5 heteroatoms. The van der Waals surface area contributed by atoms with Crippen molar-refractivity contribution < 1.29 is 13.6 Å². The molecule has 1 aliphatic carbocycles. The van der Waals surface area contributed by atoms with Crippen LogP contribution < -0.4 is 5.32 Å². The van der Waals surface area contributed by atoms with Gasteiger partial charge in [-0.1, -0.05) is 48.7 Å². The molecule has 3 rings (SSSR count). The zero-order chi connectivity index (χ0) is 16.4. The SMILES string of the molecule is O=C(NC1(c2ccccc2F)CCCC1)c1c(F)cccc1Cl. The Kier molecular flexibility index (Phi) is 4.35. The summed E-state index contributed by atoms with van der Waals surface area (Å²) >= 11 is 5.96. The van der Waals surface area contributed by atoms with Crippen molar-refractivity contribution in [3.05, 3.63) is 70.2 Å². The quantitative estimate of drug-likeness (QED) is 0.856. The number of carbonyl (C=O) groups excluding carboxylic acids is 1. The maximum atomic E-state index is 14.2. The standard InChI is InChI=1S/C18H16ClF2NO/c19-13-7-5-9-15(21)16(13)17(23)22-18(10-3-4-11-18)12-6-1-2-8-14(12)20/h1-2,5-9H,3-4,10-11H2,(H,22,23). The average Bonchev–Trinajstić information content (AvgIpc) is 2.97. The maximum absolute atomic E-state index is 14.2. The Balaban J connectivity index is 1.98. The lowest BCUT2D eigenvalue weighted by molar-refractivity contribution is 0.0892. The Labute approximate surface area is 138 Å². The van der Waals surface area contributed by atoms with E-state index in [1.54, 1.807) is 18.2 Å². The fourth-order valence-corrected chi connectivity index (χ4v) is 3.53. The molecule has 0 saturated heterocycles. The smallest absolute Gasteiger partial charge is 0.256 e. The third-order valence-electron chi connectivity index (χ3n) is 4.39. The highest BCUT2D eigenvalue weighted by molar-refractivity contribution is 6.33. The predicted molar refractivity (Wildman–Crippen MR) is 85.4 cm³/mol. The Morgan fingerprint density at radius 2 is 1.65 bits per heavy atom. The van der Waals surface area contributed by atoms with Crippen molar-refractivity contribution in [2.45, 2.75) is 31.2 Å². The summed E-state index contributed by atoms with van der Waals surface area (Å²) in [7, 11) is 0. The van der Waals surface area contributed by atoms with Crippen LogP contribution in [0.25, 0.3) is 0 Å². The molecule has 0 radical (unpaired) electrons. The summed E-state index contributed by atoms with van der Waals surface area (Å²) in [4.78, 5) is 12.6. The van der Waals surface area contributed by atoms with Crippen molar-refractivity contribution in [3.63, 3.8) is 0 Å². The summed E-state index contributed by atoms with van der Waals surface area (Å²) in [5, 5.41) is 2.89. The molecule has 0 aromatic heterocycles. The Bertz CT molecular complexity index is 721. The van der Waals surface area contributed by atoms with Crippen LogP contribution >= 0.6 is 11.6 Å². The van der Waals surface area contributed by atoms with Gasteiger partial charge in [0.2, 0.25) is 0 Å². The number of rotatable bonds is 3. The fourth-order valence-electron chi connectivity index (χ4n) is 3.28. The van der Waals surface area contributed by atoms with Crippen LogP contribution in [0.1, 0.15) is 41.6 Å². The summed E-state index contributed by atoms with van der Waals surface area (Å²) in [6, 6.07) is 10.5. The van der Waals surface area contributed by atoms with Crippen LogP contribution in [0.3, 0.4) is 0 Å². The van der Waals surface area contributed by atoms with Crippen molar-refractivity contribution in [3.8, 4) is 0 Å². The molecule has 1 N–H and O–H groups in total. The second kappa shape index (κ2) is 6.28. The third kappa shape index (κ3) is 2.95. The van der Waals surface area contributed by atoms with Crippen LogP contribution in [0, 0.1) is 11.6 Å². The molecule has 0 bridgehead atoms. The maximum Gasteiger partial charge on any atom is 0.256 e. The van der Waals surface area contributed by atoms with Crippen LogP contribution in [0.2, 0.25) is 5.02 Å². The molecule has 0 heterocycles. The zero-order valence-corrected chi connectivity index (χ0v) is 13.2. The van der Waals surface area contributed by atoms with E-state index in [2.05, 4.69) is 5.32 Å². The largest absolute Gasteiger partial charge is 0.342 e. The van der Waals surface area contributed by atoms with Gasteiger partial charge in [0, 0.05) is 5.56 Å². The molecule has 0 atom stereocenters. The van der Waals surface area contributed by atoms with E-state index in [1.807, 2.05) is 0 Å². The summed E-state index contributed by atoms with van der Waals surface area (Å²) < 4.78 is 28.2. The summed E-state index contributed by atoms with van der Waals surface area (Å²) in [5.41, 5.74) is -0.566. The first-order chi connectivity index (χ1) is 11.0. The number of amides is 1. The van der Waals surface area contributed by atoms with Crippen LogP contribution in [0.15, 0.2) is 42.5 Å². The van der Waals surface area contributed by atoms with E-state index in [-0.39, 0.29) is 16.4 Å². The molecule has 0 aliphatic heterocycles. The summed E-state index contributed by atoms with van der Waals surface area (Å²) in [5.74, 6) is -1.66. The second-order valence-corrected chi connectivity index (χ2v) is 6.23. The minimum absolute atomic E-state index is 0.0455. The fraction of sp³-hybridized carbons (Fsp3) is 0.278. The van der Waals surface area contributed by atoms with E-state index < -0.39 is 17.3 Å². The topological polar surface area (TPSA) is 29.1 Å². The molecule has 1 fully saturated rings. The van der Waals surface area contributed by atoms with Crippen LogP contribution in [0.5, 0.6) is 0 Å². The van der Waals surface area contributed by atoms with Gasteiger partial charge in [0.1, 0.15) is 11.6 Å². The number of carbonyl (C=O) groups is 1. The third-order valence-corrected chi connectivity index (χ3v) is 4.70. The summed E-state index contributed by atoms with van der Waals surface area (Å²) in [6.45, 7) is 0. The van der Waals surface area contributed by atoms with Gasteiger partial charge in [-0.3, -0.25) is 4.79 Å². The van der Waals surface area contributed by atoms with E-state index in [0.717, 1.165) is 12.8 Å². The minimum atomic E-state index is -0.811. The van der Waals surface area contributed by atoms with Crippen LogP contribution in [0.4, 0.5) is 8.78 Å². The van der Waals surface area contributed by atoms with Gasteiger partial charge in [-0.05, 0) is 31.0 Å². The van der Waals surface area contributed by atoms with Crippen molar-refractivity contribution >= 4 is 17.5 Å². The first kappa shape index (κ1) is 15.9. The number of benzene rings is 2. The predicted octanol–water partition coefficient (Wildman–Crippen LogP) is 4.82. The monoisotopic (exact) mass is 335 g/mol. The lowest BCUT2D eigenvalue weighted by Gasteiger charge is -2.31. The number of hydrogen-bond donors (Lipinski definition) is 1. The molecule has 0 spiro atoms. The van der Waals surface area contributed by atoms with E-state index in [0.29, 0.717) is 18.4 Å². The molecule has 23 heavy (non-hydrogen) atoms.